The van der Waals surface area contributed by atoms with Crippen LogP contribution >= 0.6 is 0 Å². The third-order valence-corrected chi connectivity index (χ3v) is 2.11. The summed E-state index contributed by atoms with van der Waals surface area (Å²) in [5.74, 6) is 1.14. The van der Waals surface area contributed by atoms with Crippen LogP contribution in [0.25, 0.3) is 6.08 Å². The predicted octanol–water partition coefficient (Wildman–Crippen LogP) is 1.67. The van der Waals surface area contributed by atoms with Crippen LogP contribution in [0.2, 0.25) is 0 Å². The second kappa shape index (κ2) is 6.85. The first-order valence-corrected chi connectivity index (χ1v) is 5.74. The molecular formula is C12H20N4O. The van der Waals surface area contributed by atoms with Gasteiger partial charge in [0.2, 0.25) is 11.8 Å². The van der Waals surface area contributed by atoms with Crippen molar-refractivity contribution >= 4 is 12.0 Å². The van der Waals surface area contributed by atoms with Crippen molar-refractivity contribution < 1.29 is 4.74 Å². The average Bonchev–Trinajstić information content (AvgIpc) is 2.30. The number of nitrogens with two attached hydrogens (primary N) is 1. The van der Waals surface area contributed by atoms with Gasteiger partial charge in [-0.25, -0.2) is 4.98 Å². The van der Waals surface area contributed by atoms with Crippen molar-refractivity contribution in [1.29, 1.82) is 0 Å². The summed E-state index contributed by atoms with van der Waals surface area (Å²) in [6, 6.07) is 0.152. The van der Waals surface area contributed by atoms with Crippen LogP contribution in [-0.4, -0.2) is 29.7 Å². The zero-order chi connectivity index (χ0) is 12.7. The fourth-order valence-corrected chi connectivity index (χ4v) is 1.31. The van der Waals surface area contributed by atoms with Gasteiger partial charge < -0.3 is 15.8 Å². The van der Waals surface area contributed by atoms with Crippen molar-refractivity contribution in [3.63, 3.8) is 0 Å². The highest BCUT2D eigenvalue weighted by molar-refractivity contribution is 5.55. The molecule has 0 saturated carbocycles. The number of hydrogen-bond acceptors (Lipinski definition) is 5. The zero-order valence-corrected chi connectivity index (χ0v) is 10.6. The summed E-state index contributed by atoms with van der Waals surface area (Å²) in [5.41, 5.74) is 6.52. The van der Waals surface area contributed by atoms with Crippen LogP contribution in [0.1, 0.15) is 25.8 Å². The first-order valence-electron chi connectivity index (χ1n) is 5.74. The Morgan fingerprint density at radius 2 is 2.35 bits per heavy atom. The summed E-state index contributed by atoms with van der Waals surface area (Å²) >= 11 is 0. The molecule has 0 aromatic carbocycles. The van der Waals surface area contributed by atoms with Gasteiger partial charge in [-0.05, 0) is 20.3 Å². The fraction of sp³-hybridized carbons (Fsp3) is 0.500. The summed E-state index contributed by atoms with van der Waals surface area (Å²) in [6.45, 7) is 4.74. The lowest BCUT2D eigenvalue weighted by molar-refractivity contribution is 0.396. The molecule has 0 unspecified atom stereocenters. The lowest BCUT2D eigenvalue weighted by Gasteiger charge is -2.06. The summed E-state index contributed by atoms with van der Waals surface area (Å²) in [4.78, 5) is 8.44. The van der Waals surface area contributed by atoms with E-state index in [9.17, 15) is 0 Å². The largest absolute Gasteiger partial charge is 0.480 e. The first-order chi connectivity index (χ1) is 8.17. The molecule has 1 rings (SSSR count). The van der Waals surface area contributed by atoms with E-state index in [0.717, 1.165) is 18.5 Å². The maximum atomic E-state index is 5.67. The number of aromatic nitrogens is 2. The second-order valence-corrected chi connectivity index (χ2v) is 3.80. The van der Waals surface area contributed by atoms with E-state index < -0.39 is 0 Å². The Bertz CT molecular complexity index is 377. The molecule has 3 N–H and O–H groups in total. The van der Waals surface area contributed by atoms with E-state index in [0.29, 0.717) is 11.8 Å². The number of nitrogens with one attached hydrogen (secondary N) is 1. The number of methoxy groups -OCH3 is 1. The highest BCUT2D eigenvalue weighted by Gasteiger charge is 2.04. The van der Waals surface area contributed by atoms with Crippen molar-refractivity contribution in [1.82, 2.24) is 9.97 Å². The molecule has 5 heteroatoms. The van der Waals surface area contributed by atoms with Gasteiger partial charge in [-0.3, -0.25) is 0 Å². The zero-order valence-electron chi connectivity index (χ0n) is 10.6. The molecule has 0 bridgehead atoms. The van der Waals surface area contributed by atoms with Crippen molar-refractivity contribution in [2.75, 3.05) is 19.0 Å². The highest BCUT2D eigenvalue weighted by atomic mass is 16.5. The van der Waals surface area contributed by atoms with Gasteiger partial charge in [-0.2, -0.15) is 4.98 Å². The summed E-state index contributed by atoms with van der Waals surface area (Å²) in [6.07, 6.45) is 6.48. The van der Waals surface area contributed by atoms with Crippen LogP contribution < -0.4 is 15.8 Å². The molecule has 0 aliphatic rings. The molecule has 0 aliphatic carbocycles. The molecular weight excluding hydrogens is 216 g/mol. The lowest BCUT2D eigenvalue weighted by atomic mass is 10.2. The molecule has 1 aromatic rings. The smallest absolute Gasteiger partial charge is 0.225 e. The lowest BCUT2D eigenvalue weighted by Crippen LogP contribution is -2.12. The van der Waals surface area contributed by atoms with E-state index in [2.05, 4.69) is 15.3 Å². The van der Waals surface area contributed by atoms with Crippen LogP contribution in [0.5, 0.6) is 5.88 Å². The standard InChI is InChI=1S/C12H20N4O/c1-4-14-12-15-8-10(11(16-12)17-3)7-5-6-9(2)13/h5,7-9H,4,6,13H2,1-3H3,(H,14,15,16)/b7-5+/t9-/m0/s1. The van der Waals surface area contributed by atoms with Crippen molar-refractivity contribution in [2.45, 2.75) is 26.3 Å². The third kappa shape index (κ3) is 4.40. The number of rotatable bonds is 6. The molecule has 0 spiro atoms. The van der Waals surface area contributed by atoms with E-state index in [1.165, 1.54) is 0 Å². The van der Waals surface area contributed by atoms with E-state index in [-0.39, 0.29) is 6.04 Å². The Morgan fingerprint density at radius 3 is 2.94 bits per heavy atom. The number of ether oxygens (including phenoxy) is 1. The minimum atomic E-state index is 0.152. The Labute approximate surface area is 102 Å². The van der Waals surface area contributed by atoms with Gasteiger partial charge in [0.05, 0.1) is 12.7 Å². The SMILES string of the molecule is CCNc1ncc(/C=C/C[C@H](C)N)c(OC)n1. The van der Waals surface area contributed by atoms with Gasteiger partial charge in [0.25, 0.3) is 0 Å². The van der Waals surface area contributed by atoms with E-state index in [4.69, 9.17) is 10.5 Å². The molecule has 0 aliphatic heterocycles. The maximum Gasteiger partial charge on any atom is 0.225 e. The number of hydrogen-bond donors (Lipinski definition) is 2. The monoisotopic (exact) mass is 236 g/mol. The van der Waals surface area contributed by atoms with Crippen molar-refractivity contribution in [3.05, 3.63) is 17.8 Å². The topological polar surface area (TPSA) is 73.1 Å². The molecule has 1 aromatic heterocycles. The first kappa shape index (κ1) is 13.4. The Morgan fingerprint density at radius 1 is 1.59 bits per heavy atom. The number of nitrogens with zero attached hydrogens (tertiary/aromatic N) is 2. The molecule has 0 saturated heterocycles. The maximum absolute atomic E-state index is 5.67. The fourth-order valence-electron chi connectivity index (χ4n) is 1.31. The normalized spacial score (nSPS) is 12.7. The summed E-state index contributed by atoms with van der Waals surface area (Å²) < 4.78 is 5.22. The Kier molecular flexibility index (Phi) is 5.42. The van der Waals surface area contributed by atoms with Gasteiger partial charge in [0.15, 0.2) is 0 Å². The molecule has 1 atom stereocenters. The highest BCUT2D eigenvalue weighted by Crippen LogP contribution is 2.17. The second-order valence-electron chi connectivity index (χ2n) is 3.80. The van der Waals surface area contributed by atoms with Gasteiger partial charge in [0.1, 0.15) is 0 Å². The van der Waals surface area contributed by atoms with E-state index >= 15 is 0 Å². The molecule has 0 amide bonds. The average molecular weight is 236 g/mol. The van der Waals surface area contributed by atoms with Crippen LogP contribution in [0.4, 0.5) is 5.95 Å². The van der Waals surface area contributed by atoms with Crippen molar-refractivity contribution in [2.24, 2.45) is 5.73 Å². The number of anilines is 1. The minimum Gasteiger partial charge on any atom is -0.480 e. The molecule has 0 radical (unpaired) electrons. The molecule has 1 heterocycles. The van der Waals surface area contributed by atoms with E-state index in [1.807, 2.05) is 26.0 Å². The van der Waals surface area contributed by atoms with Gasteiger partial charge in [-0.15, -0.1) is 0 Å². The molecule has 17 heavy (non-hydrogen) atoms. The van der Waals surface area contributed by atoms with E-state index in [1.54, 1.807) is 13.3 Å². The molecule has 94 valence electrons. The Hall–Kier alpha value is -1.62. The van der Waals surface area contributed by atoms with Crippen LogP contribution in [0.3, 0.4) is 0 Å². The molecule has 0 fully saturated rings. The van der Waals surface area contributed by atoms with Crippen LogP contribution in [-0.2, 0) is 0 Å². The minimum absolute atomic E-state index is 0.152. The van der Waals surface area contributed by atoms with Crippen molar-refractivity contribution in [3.8, 4) is 5.88 Å². The summed E-state index contributed by atoms with van der Waals surface area (Å²) in [5, 5.41) is 3.04. The van der Waals surface area contributed by atoms with Gasteiger partial charge in [0, 0.05) is 18.8 Å². The predicted molar refractivity (Wildman–Crippen MR) is 70.0 cm³/mol. The quantitative estimate of drug-likeness (QED) is 0.786. The van der Waals surface area contributed by atoms with Gasteiger partial charge in [-0.1, -0.05) is 12.2 Å². The van der Waals surface area contributed by atoms with Crippen LogP contribution in [0, 0.1) is 0 Å². The summed E-state index contributed by atoms with van der Waals surface area (Å²) in [7, 11) is 1.60. The Balaban J connectivity index is 2.81. The third-order valence-electron chi connectivity index (χ3n) is 2.11. The van der Waals surface area contributed by atoms with Gasteiger partial charge >= 0.3 is 0 Å². The van der Waals surface area contributed by atoms with Crippen LogP contribution in [0.15, 0.2) is 12.3 Å². The molecule has 5 nitrogen and oxygen atoms in total.